The summed E-state index contributed by atoms with van der Waals surface area (Å²) >= 11 is 1.12. The van der Waals surface area contributed by atoms with Crippen LogP contribution in [0, 0.1) is 11.6 Å². The van der Waals surface area contributed by atoms with Crippen molar-refractivity contribution in [2.75, 3.05) is 31.9 Å². The average Bonchev–Trinajstić information content (AvgIpc) is 2.74. The lowest BCUT2D eigenvalue weighted by molar-refractivity contribution is -0.129. The van der Waals surface area contributed by atoms with E-state index in [-0.39, 0.29) is 48.3 Å². The summed E-state index contributed by atoms with van der Waals surface area (Å²) in [5.41, 5.74) is 0.390. The highest BCUT2D eigenvalue weighted by Gasteiger charge is 2.30. The van der Waals surface area contributed by atoms with Gasteiger partial charge in [0.05, 0.1) is 10.6 Å². The van der Waals surface area contributed by atoms with Crippen molar-refractivity contribution in [2.45, 2.75) is 29.8 Å². The minimum Gasteiger partial charge on any atom is -0.339 e. The number of benzene rings is 1. The second-order valence-electron chi connectivity index (χ2n) is 6.94. The van der Waals surface area contributed by atoms with E-state index in [0.717, 1.165) is 34.6 Å². The van der Waals surface area contributed by atoms with Gasteiger partial charge in [-0.05, 0) is 24.6 Å². The Balaban J connectivity index is 1.57. The van der Waals surface area contributed by atoms with Gasteiger partial charge in [0.2, 0.25) is 15.9 Å². The third kappa shape index (κ3) is 5.69. The maximum atomic E-state index is 13.4. The van der Waals surface area contributed by atoms with Gasteiger partial charge in [-0.1, -0.05) is 25.1 Å². The molecule has 1 aromatic heterocycles. The highest BCUT2D eigenvalue weighted by atomic mass is 32.2. The molecule has 0 radical (unpaired) electrons. The van der Waals surface area contributed by atoms with Crippen LogP contribution in [0.5, 0.6) is 0 Å². The minimum atomic E-state index is -3.99. The standard InChI is InChI=1S/C19H22F2N4O4S2/c1-2-3-13-10-17(26)23-19(22-13)30-12-18(27)24-6-8-25(9-7-24)31(28,29)14-4-5-15(20)16(21)11-14/h4-5,10-11H,2-3,6-9,12H2,1H3,(H,22,23,26). The van der Waals surface area contributed by atoms with E-state index in [1.165, 1.54) is 11.0 Å². The summed E-state index contributed by atoms with van der Waals surface area (Å²) in [7, 11) is -3.99. The molecule has 8 nitrogen and oxygen atoms in total. The van der Waals surface area contributed by atoms with Gasteiger partial charge in [0, 0.05) is 37.9 Å². The number of sulfonamides is 1. The number of thioether (sulfide) groups is 1. The molecule has 1 N–H and O–H groups in total. The maximum Gasteiger partial charge on any atom is 0.251 e. The highest BCUT2D eigenvalue weighted by molar-refractivity contribution is 7.99. The van der Waals surface area contributed by atoms with Gasteiger partial charge >= 0.3 is 0 Å². The van der Waals surface area contributed by atoms with Gasteiger partial charge in [-0.3, -0.25) is 9.59 Å². The van der Waals surface area contributed by atoms with Crippen LogP contribution < -0.4 is 5.56 Å². The Bertz CT molecular complexity index is 1120. The number of carbonyl (C=O) groups is 1. The molecular weight excluding hydrogens is 450 g/mol. The molecule has 0 bridgehead atoms. The Morgan fingerprint density at radius 3 is 2.52 bits per heavy atom. The number of amides is 1. The van der Waals surface area contributed by atoms with Crippen molar-refractivity contribution in [3.63, 3.8) is 0 Å². The van der Waals surface area contributed by atoms with Gasteiger partial charge in [0.25, 0.3) is 5.56 Å². The molecule has 0 spiro atoms. The number of H-pyrrole nitrogens is 1. The van der Waals surface area contributed by atoms with Crippen molar-refractivity contribution < 1.29 is 22.0 Å². The number of nitrogens with one attached hydrogen (secondary N) is 1. The Morgan fingerprint density at radius 2 is 1.87 bits per heavy atom. The smallest absolute Gasteiger partial charge is 0.251 e. The predicted molar refractivity (Wildman–Crippen MR) is 111 cm³/mol. The number of hydrogen-bond donors (Lipinski definition) is 1. The van der Waals surface area contributed by atoms with Gasteiger partial charge < -0.3 is 9.88 Å². The van der Waals surface area contributed by atoms with Crippen LogP contribution in [-0.4, -0.2) is 65.4 Å². The van der Waals surface area contributed by atoms with E-state index in [2.05, 4.69) is 9.97 Å². The monoisotopic (exact) mass is 472 g/mol. The molecule has 0 aliphatic carbocycles. The summed E-state index contributed by atoms with van der Waals surface area (Å²) in [6.07, 6.45) is 1.51. The molecule has 1 amide bonds. The molecule has 31 heavy (non-hydrogen) atoms. The summed E-state index contributed by atoms with van der Waals surface area (Å²) in [6.45, 7) is 2.40. The number of rotatable bonds is 7. The van der Waals surface area contributed by atoms with Gasteiger partial charge in [-0.25, -0.2) is 22.2 Å². The lowest BCUT2D eigenvalue weighted by Crippen LogP contribution is -2.51. The van der Waals surface area contributed by atoms with Crippen LogP contribution in [0.2, 0.25) is 0 Å². The van der Waals surface area contributed by atoms with Crippen molar-refractivity contribution in [3.05, 3.63) is 51.9 Å². The largest absolute Gasteiger partial charge is 0.339 e. The summed E-state index contributed by atoms with van der Waals surface area (Å²) in [4.78, 5) is 32.3. The Hall–Kier alpha value is -2.31. The highest BCUT2D eigenvalue weighted by Crippen LogP contribution is 2.20. The summed E-state index contributed by atoms with van der Waals surface area (Å²) < 4.78 is 52.9. The van der Waals surface area contributed by atoms with Crippen LogP contribution in [0.25, 0.3) is 0 Å². The van der Waals surface area contributed by atoms with Crippen molar-refractivity contribution >= 4 is 27.7 Å². The molecule has 168 valence electrons. The minimum absolute atomic E-state index is 0.0405. The van der Waals surface area contributed by atoms with E-state index in [9.17, 15) is 26.8 Å². The number of nitrogens with zero attached hydrogens (tertiary/aromatic N) is 3. The van der Waals surface area contributed by atoms with Gasteiger partial charge in [0.15, 0.2) is 16.8 Å². The number of aromatic amines is 1. The quantitative estimate of drug-likeness (QED) is 0.485. The SMILES string of the molecule is CCCc1cc(=O)[nH]c(SCC(=O)N2CCN(S(=O)(=O)c3ccc(F)c(F)c3)CC2)n1. The second kappa shape index (κ2) is 9.88. The fraction of sp³-hybridized carbons (Fsp3) is 0.421. The number of aryl methyl sites for hydroxylation is 1. The molecule has 3 rings (SSSR count). The zero-order chi connectivity index (χ0) is 22.6. The Morgan fingerprint density at radius 1 is 1.16 bits per heavy atom. The van der Waals surface area contributed by atoms with Crippen LogP contribution in [0.15, 0.2) is 39.1 Å². The van der Waals surface area contributed by atoms with Crippen LogP contribution in [-0.2, 0) is 21.2 Å². The molecule has 12 heteroatoms. The number of piperazine rings is 1. The first-order chi connectivity index (χ1) is 14.7. The van der Waals surface area contributed by atoms with E-state index in [4.69, 9.17) is 0 Å². The van der Waals surface area contributed by atoms with E-state index in [0.29, 0.717) is 23.3 Å². The molecule has 2 aromatic rings. The molecule has 1 fully saturated rings. The zero-order valence-electron chi connectivity index (χ0n) is 16.8. The summed E-state index contributed by atoms with van der Waals surface area (Å²) in [5.74, 6) is -2.52. The van der Waals surface area contributed by atoms with Crippen LogP contribution in [0.1, 0.15) is 19.0 Å². The van der Waals surface area contributed by atoms with E-state index in [1.54, 1.807) is 0 Å². The third-order valence-electron chi connectivity index (χ3n) is 4.73. The van der Waals surface area contributed by atoms with E-state index >= 15 is 0 Å². The van der Waals surface area contributed by atoms with Gasteiger partial charge in [-0.2, -0.15) is 4.31 Å². The number of hydrogen-bond acceptors (Lipinski definition) is 6. The van der Waals surface area contributed by atoms with Crippen LogP contribution in [0.4, 0.5) is 8.78 Å². The van der Waals surface area contributed by atoms with Gasteiger partial charge in [-0.15, -0.1) is 0 Å². The Labute approximate surface area is 182 Å². The van der Waals surface area contributed by atoms with Gasteiger partial charge in [0.1, 0.15) is 0 Å². The Kier molecular flexibility index (Phi) is 7.44. The van der Waals surface area contributed by atoms with Crippen LogP contribution in [0.3, 0.4) is 0 Å². The average molecular weight is 473 g/mol. The molecular formula is C19H22F2N4O4S2. The van der Waals surface area contributed by atoms with Crippen molar-refractivity contribution in [1.82, 2.24) is 19.2 Å². The molecule has 1 aromatic carbocycles. The van der Waals surface area contributed by atoms with Crippen LogP contribution >= 0.6 is 11.8 Å². The number of halogens is 2. The van der Waals surface area contributed by atoms with E-state index < -0.39 is 21.7 Å². The van der Waals surface area contributed by atoms with Crippen molar-refractivity contribution in [3.8, 4) is 0 Å². The molecule has 0 atom stereocenters. The first-order valence-electron chi connectivity index (χ1n) is 9.66. The number of aromatic nitrogens is 2. The summed E-state index contributed by atoms with van der Waals surface area (Å²) in [5, 5.41) is 0.365. The first kappa shape index (κ1) is 23.4. The lowest BCUT2D eigenvalue weighted by Gasteiger charge is -2.34. The lowest BCUT2D eigenvalue weighted by atomic mass is 10.2. The maximum absolute atomic E-state index is 13.4. The molecule has 0 saturated carbocycles. The first-order valence-corrected chi connectivity index (χ1v) is 12.1. The van der Waals surface area contributed by atoms with Crippen molar-refractivity contribution in [2.24, 2.45) is 0 Å². The molecule has 1 aliphatic heterocycles. The summed E-state index contributed by atoms with van der Waals surface area (Å²) in [6, 6.07) is 3.87. The van der Waals surface area contributed by atoms with Crippen molar-refractivity contribution in [1.29, 1.82) is 0 Å². The van der Waals surface area contributed by atoms with E-state index in [1.807, 2.05) is 6.92 Å². The fourth-order valence-electron chi connectivity index (χ4n) is 3.12. The fourth-order valence-corrected chi connectivity index (χ4v) is 5.35. The second-order valence-corrected chi connectivity index (χ2v) is 9.84. The number of carbonyl (C=O) groups excluding carboxylic acids is 1. The normalized spacial score (nSPS) is 15.3. The zero-order valence-corrected chi connectivity index (χ0v) is 18.4. The third-order valence-corrected chi connectivity index (χ3v) is 7.48. The predicted octanol–water partition coefficient (Wildman–Crippen LogP) is 1.63. The topological polar surface area (TPSA) is 103 Å². The molecule has 1 aliphatic rings. The molecule has 1 saturated heterocycles. The molecule has 2 heterocycles. The molecule has 0 unspecified atom stereocenters.